The lowest BCUT2D eigenvalue weighted by Gasteiger charge is -2.12. The van der Waals surface area contributed by atoms with Crippen molar-refractivity contribution in [3.05, 3.63) is 22.2 Å². The fraction of sp³-hybridized carbons (Fsp3) is 0.500. The first-order valence-electron chi connectivity index (χ1n) is 6.75. The molecular weight excluding hydrogens is 340 g/mol. The first kappa shape index (κ1) is 14.4. The van der Waals surface area contributed by atoms with Gasteiger partial charge in [-0.3, -0.25) is 4.79 Å². The number of rotatable bonds is 4. The van der Waals surface area contributed by atoms with Gasteiger partial charge in [-0.1, -0.05) is 0 Å². The largest absolute Gasteiger partial charge is 0.377 e. The van der Waals surface area contributed by atoms with E-state index in [-0.39, 0.29) is 11.9 Å². The maximum absolute atomic E-state index is 11.8. The molecule has 0 spiro atoms. The van der Waals surface area contributed by atoms with E-state index >= 15 is 0 Å². The van der Waals surface area contributed by atoms with Crippen molar-refractivity contribution in [2.45, 2.75) is 29.9 Å². The monoisotopic (exact) mass is 356 g/mol. The Bertz CT molecular complexity index is 532. The van der Waals surface area contributed by atoms with Crippen molar-refractivity contribution >= 4 is 39.3 Å². The van der Waals surface area contributed by atoms with Crippen molar-refractivity contribution in [3.63, 3.8) is 0 Å². The van der Waals surface area contributed by atoms with E-state index in [2.05, 4.69) is 26.6 Å². The Morgan fingerprint density at radius 3 is 3.10 bits per heavy atom. The molecule has 0 aromatic heterocycles. The molecule has 0 aliphatic carbocycles. The maximum Gasteiger partial charge on any atom is 0.246 e. The van der Waals surface area contributed by atoms with Crippen LogP contribution in [-0.4, -0.2) is 31.4 Å². The second-order valence-electron chi connectivity index (χ2n) is 5.03. The highest BCUT2D eigenvalue weighted by molar-refractivity contribution is 9.10. The summed E-state index contributed by atoms with van der Waals surface area (Å²) in [7, 11) is 1.80. The topological polar surface area (TPSA) is 50.4 Å². The van der Waals surface area contributed by atoms with Crippen LogP contribution in [0.2, 0.25) is 0 Å². The lowest BCUT2D eigenvalue weighted by molar-refractivity contribution is -0.117. The van der Waals surface area contributed by atoms with Crippen LogP contribution in [-0.2, 0) is 9.53 Å². The summed E-state index contributed by atoms with van der Waals surface area (Å²) in [4.78, 5) is 13.0. The maximum atomic E-state index is 11.8. The highest BCUT2D eigenvalue weighted by Gasteiger charge is 2.30. The van der Waals surface area contributed by atoms with E-state index in [0.29, 0.717) is 6.10 Å². The zero-order chi connectivity index (χ0) is 14.1. The highest BCUT2D eigenvalue weighted by Crippen LogP contribution is 2.39. The molecule has 0 saturated carbocycles. The molecule has 2 aliphatic heterocycles. The van der Waals surface area contributed by atoms with E-state index in [1.165, 1.54) is 0 Å². The minimum Gasteiger partial charge on any atom is -0.377 e. The Labute approximate surface area is 131 Å². The van der Waals surface area contributed by atoms with E-state index in [1.54, 1.807) is 18.8 Å². The standard InChI is InChI=1S/C14H17BrN2O2S/c1-16-13-9-5-10(15)12(6-11(9)17-14(13)18)20-7-8-3-2-4-19-8/h5-6,8,13,16H,2-4,7H2,1H3,(H,17,18). The number of amides is 1. The van der Waals surface area contributed by atoms with Gasteiger partial charge in [0.25, 0.3) is 0 Å². The molecule has 4 nitrogen and oxygen atoms in total. The van der Waals surface area contributed by atoms with Crippen LogP contribution in [0.5, 0.6) is 0 Å². The SMILES string of the molecule is CNC1C(=O)Nc2cc(SCC3CCCO3)c(Br)cc21. The molecule has 2 atom stereocenters. The summed E-state index contributed by atoms with van der Waals surface area (Å²) in [6.07, 6.45) is 2.67. The van der Waals surface area contributed by atoms with E-state index in [4.69, 9.17) is 4.74 Å². The number of likely N-dealkylation sites (N-methyl/N-ethyl adjacent to an activating group) is 1. The molecule has 20 heavy (non-hydrogen) atoms. The number of anilines is 1. The number of halogens is 1. The van der Waals surface area contributed by atoms with Crippen LogP contribution < -0.4 is 10.6 Å². The predicted octanol–water partition coefficient (Wildman–Crippen LogP) is 2.93. The first-order chi connectivity index (χ1) is 9.69. The lowest BCUT2D eigenvalue weighted by Crippen LogP contribution is -2.23. The zero-order valence-corrected chi connectivity index (χ0v) is 13.6. The normalized spacial score (nSPS) is 24.8. The predicted molar refractivity (Wildman–Crippen MR) is 84.3 cm³/mol. The van der Waals surface area contributed by atoms with E-state index < -0.39 is 0 Å². The number of hydrogen-bond donors (Lipinski definition) is 2. The number of hydrogen-bond acceptors (Lipinski definition) is 4. The molecule has 1 aromatic rings. The van der Waals surface area contributed by atoms with Gasteiger partial charge in [-0.05, 0) is 48.0 Å². The van der Waals surface area contributed by atoms with Gasteiger partial charge in [0, 0.05) is 33.0 Å². The minimum atomic E-state index is -0.251. The van der Waals surface area contributed by atoms with Crippen molar-refractivity contribution in [1.29, 1.82) is 0 Å². The second kappa shape index (κ2) is 6.05. The van der Waals surface area contributed by atoms with Gasteiger partial charge >= 0.3 is 0 Å². The Kier molecular flexibility index (Phi) is 4.35. The van der Waals surface area contributed by atoms with Crippen LogP contribution in [0, 0.1) is 0 Å². The Balaban J connectivity index is 1.76. The second-order valence-corrected chi connectivity index (χ2v) is 6.94. The molecule has 108 valence electrons. The Morgan fingerprint density at radius 2 is 2.40 bits per heavy atom. The molecule has 0 radical (unpaired) electrons. The van der Waals surface area contributed by atoms with Crippen molar-refractivity contribution in [2.75, 3.05) is 24.7 Å². The van der Waals surface area contributed by atoms with Gasteiger partial charge in [-0.2, -0.15) is 0 Å². The van der Waals surface area contributed by atoms with Gasteiger partial charge in [0.15, 0.2) is 0 Å². The van der Waals surface area contributed by atoms with Crippen molar-refractivity contribution in [3.8, 4) is 0 Å². The van der Waals surface area contributed by atoms with E-state index in [9.17, 15) is 4.79 Å². The van der Waals surface area contributed by atoms with E-state index in [0.717, 1.165) is 45.8 Å². The molecule has 3 rings (SSSR count). The summed E-state index contributed by atoms with van der Waals surface area (Å²) in [6, 6.07) is 3.83. The molecule has 1 saturated heterocycles. The van der Waals surface area contributed by atoms with Crippen LogP contribution in [0.3, 0.4) is 0 Å². The molecule has 2 unspecified atom stereocenters. The van der Waals surface area contributed by atoms with Crippen molar-refractivity contribution < 1.29 is 9.53 Å². The summed E-state index contributed by atoms with van der Waals surface area (Å²) in [6.45, 7) is 0.885. The van der Waals surface area contributed by atoms with Crippen LogP contribution in [0.4, 0.5) is 5.69 Å². The molecule has 2 heterocycles. The van der Waals surface area contributed by atoms with Crippen molar-refractivity contribution in [1.82, 2.24) is 5.32 Å². The third-order valence-electron chi connectivity index (χ3n) is 3.67. The van der Waals surface area contributed by atoms with Gasteiger partial charge in [-0.15, -0.1) is 11.8 Å². The zero-order valence-electron chi connectivity index (χ0n) is 11.2. The Morgan fingerprint density at radius 1 is 1.55 bits per heavy atom. The fourth-order valence-electron chi connectivity index (χ4n) is 2.62. The number of benzene rings is 1. The van der Waals surface area contributed by atoms with Crippen LogP contribution in [0.25, 0.3) is 0 Å². The Hall–Kier alpha value is -0.560. The van der Waals surface area contributed by atoms with Gasteiger partial charge in [-0.25, -0.2) is 0 Å². The van der Waals surface area contributed by atoms with Gasteiger partial charge < -0.3 is 15.4 Å². The molecule has 1 amide bonds. The third-order valence-corrected chi connectivity index (χ3v) is 5.78. The molecular formula is C14H17BrN2O2S. The smallest absolute Gasteiger partial charge is 0.246 e. The number of thioether (sulfide) groups is 1. The van der Waals surface area contributed by atoms with Crippen LogP contribution in [0.15, 0.2) is 21.5 Å². The van der Waals surface area contributed by atoms with E-state index in [1.807, 2.05) is 12.1 Å². The average Bonchev–Trinajstić information content (AvgIpc) is 3.03. The number of carbonyl (C=O) groups excluding carboxylic acids is 1. The van der Waals surface area contributed by atoms with Gasteiger partial charge in [0.05, 0.1) is 6.10 Å². The fourth-order valence-corrected chi connectivity index (χ4v) is 4.35. The molecule has 2 N–H and O–H groups in total. The summed E-state index contributed by atoms with van der Waals surface area (Å²) in [5, 5.41) is 5.96. The van der Waals surface area contributed by atoms with Crippen molar-refractivity contribution in [2.24, 2.45) is 0 Å². The number of carbonyl (C=O) groups is 1. The quantitative estimate of drug-likeness (QED) is 0.814. The number of ether oxygens (including phenoxy) is 1. The lowest BCUT2D eigenvalue weighted by atomic mass is 10.1. The summed E-state index contributed by atoms with van der Waals surface area (Å²) in [5.41, 5.74) is 1.92. The number of nitrogens with one attached hydrogen (secondary N) is 2. The van der Waals surface area contributed by atoms with Crippen LogP contribution >= 0.6 is 27.7 Å². The molecule has 2 aliphatic rings. The van der Waals surface area contributed by atoms with Gasteiger partial charge in [0.2, 0.25) is 5.91 Å². The molecule has 6 heteroatoms. The number of fused-ring (bicyclic) bond motifs is 1. The third kappa shape index (κ3) is 2.74. The molecule has 1 aromatic carbocycles. The summed E-state index contributed by atoms with van der Waals surface area (Å²) in [5.74, 6) is 0.969. The molecule has 0 bridgehead atoms. The minimum absolute atomic E-state index is 0.00989. The highest BCUT2D eigenvalue weighted by atomic mass is 79.9. The average molecular weight is 357 g/mol. The summed E-state index contributed by atoms with van der Waals surface area (Å²) >= 11 is 5.38. The van der Waals surface area contributed by atoms with Crippen LogP contribution in [0.1, 0.15) is 24.4 Å². The summed E-state index contributed by atoms with van der Waals surface area (Å²) < 4.78 is 6.68. The first-order valence-corrected chi connectivity index (χ1v) is 8.53. The molecule has 1 fully saturated rings. The van der Waals surface area contributed by atoms with Gasteiger partial charge in [0.1, 0.15) is 6.04 Å².